The van der Waals surface area contributed by atoms with Gasteiger partial charge in [-0.05, 0) is 67.6 Å². The highest BCUT2D eigenvalue weighted by atomic mass is 14.9. The standard InChI is InChI=1S/C17H24N2/c1-2-15-10-12(3-8-16(15)18-9-1)11-19-17(13-4-5-13)14-6-7-14/h3,8,10,13-14,17-19H,1-2,4-7,9,11H2. The van der Waals surface area contributed by atoms with Gasteiger partial charge >= 0.3 is 0 Å². The second-order valence-corrected chi connectivity index (χ2v) is 6.60. The summed E-state index contributed by atoms with van der Waals surface area (Å²) in [5.41, 5.74) is 4.34. The lowest BCUT2D eigenvalue weighted by molar-refractivity contribution is 0.416. The van der Waals surface area contributed by atoms with E-state index in [9.17, 15) is 0 Å². The van der Waals surface area contributed by atoms with Crippen LogP contribution in [-0.4, -0.2) is 12.6 Å². The smallest absolute Gasteiger partial charge is 0.0372 e. The van der Waals surface area contributed by atoms with E-state index in [1.807, 2.05) is 0 Å². The molecule has 0 bridgehead atoms. The summed E-state index contributed by atoms with van der Waals surface area (Å²) in [4.78, 5) is 0. The first kappa shape index (κ1) is 11.8. The van der Waals surface area contributed by atoms with E-state index in [1.54, 1.807) is 0 Å². The van der Waals surface area contributed by atoms with Gasteiger partial charge in [0, 0.05) is 24.8 Å². The molecule has 0 amide bonds. The quantitative estimate of drug-likeness (QED) is 0.844. The number of benzene rings is 1. The Hall–Kier alpha value is -1.02. The zero-order valence-electron chi connectivity index (χ0n) is 11.6. The summed E-state index contributed by atoms with van der Waals surface area (Å²) in [5.74, 6) is 1.98. The molecule has 0 radical (unpaired) electrons. The van der Waals surface area contributed by atoms with E-state index in [0.29, 0.717) is 0 Å². The minimum atomic E-state index is 0.814. The van der Waals surface area contributed by atoms with E-state index in [1.165, 1.54) is 55.3 Å². The third kappa shape index (κ3) is 2.64. The normalized spacial score (nSPS) is 22.2. The topological polar surface area (TPSA) is 24.1 Å². The average Bonchev–Trinajstić information content (AvgIpc) is 3.32. The molecule has 2 nitrogen and oxygen atoms in total. The molecule has 4 rings (SSSR count). The third-order valence-corrected chi connectivity index (χ3v) is 4.91. The summed E-state index contributed by atoms with van der Waals surface area (Å²) < 4.78 is 0. The van der Waals surface area contributed by atoms with Crippen molar-refractivity contribution in [1.29, 1.82) is 0 Å². The van der Waals surface area contributed by atoms with Crippen LogP contribution in [0.5, 0.6) is 0 Å². The van der Waals surface area contributed by atoms with Gasteiger partial charge in [-0.1, -0.05) is 12.1 Å². The number of aryl methyl sites for hydroxylation is 1. The van der Waals surface area contributed by atoms with Gasteiger partial charge in [0.2, 0.25) is 0 Å². The molecule has 2 N–H and O–H groups in total. The molecule has 102 valence electrons. The van der Waals surface area contributed by atoms with E-state index in [2.05, 4.69) is 28.8 Å². The molecule has 0 unspecified atom stereocenters. The predicted octanol–water partition coefficient (Wildman–Crippen LogP) is 3.32. The summed E-state index contributed by atoms with van der Waals surface area (Å²) in [6, 6.07) is 7.79. The molecule has 0 spiro atoms. The highest BCUT2D eigenvalue weighted by Crippen LogP contribution is 2.44. The first-order valence-corrected chi connectivity index (χ1v) is 7.99. The fourth-order valence-corrected chi connectivity index (χ4v) is 3.50. The van der Waals surface area contributed by atoms with Gasteiger partial charge in [0.15, 0.2) is 0 Å². The zero-order valence-corrected chi connectivity index (χ0v) is 11.6. The van der Waals surface area contributed by atoms with E-state index < -0.39 is 0 Å². The van der Waals surface area contributed by atoms with E-state index >= 15 is 0 Å². The van der Waals surface area contributed by atoms with E-state index in [4.69, 9.17) is 0 Å². The van der Waals surface area contributed by atoms with Gasteiger partial charge < -0.3 is 10.6 Å². The summed E-state index contributed by atoms with van der Waals surface area (Å²) in [6.07, 6.45) is 8.36. The van der Waals surface area contributed by atoms with Crippen LogP contribution in [0.15, 0.2) is 18.2 Å². The van der Waals surface area contributed by atoms with Crippen molar-refractivity contribution in [2.24, 2.45) is 11.8 Å². The van der Waals surface area contributed by atoms with Gasteiger partial charge in [0.25, 0.3) is 0 Å². The average molecular weight is 256 g/mol. The maximum absolute atomic E-state index is 3.85. The third-order valence-electron chi connectivity index (χ3n) is 4.91. The molecule has 1 heterocycles. The Labute approximate surface area is 116 Å². The largest absolute Gasteiger partial charge is 0.385 e. The first-order chi connectivity index (χ1) is 9.40. The van der Waals surface area contributed by atoms with Crippen molar-refractivity contribution in [3.63, 3.8) is 0 Å². The van der Waals surface area contributed by atoms with Gasteiger partial charge in [0.1, 0.15) is 0 Å². The van der Waals surface area contributed by atoms with Crippen molar-refractivity contribution in [1.82, 2.24) is 5.32 Å². The number of anilines is 1. The lowest BCUT2D eigenvalue weighted by Crippen LogP contribution is -2.32. The molecular weight excluding hydrogens is 232 g/mol. The Kier molecular flexibility index (Phi) is 2.99. The second-order valence-electron chi connectivity index (χ2n) is 6.60. The minimum Gasteiger partial charge on any atom is -0.385 e. The monoisotopic (exact) mass is 256 g/mol. The minimum absolute atomic E-state index is 0.814. The molecular formula is C17H24N2. The van der Waals surface area contributed by atoms with Crippen LogP contribution in [0.25, 0.3) is 0 Å². The van der Waals surface area contributed by atoms with Crippen molar-refractivity contribution < 1.29 is 0 Å². The molecule has 19 heavy (non-hydrogen) atoms. The van der Waals surface area contributed by atoms with Gasteiger partial charge in [-0.2, -0.15) is 0 Å². The predicted molar refractivity (Wildman–Crippen MR) is 79.3 cm³/mol. The molecule has 1 aromatic rings. The van der Waals surface area contributed by atoms with Crippen LogP contribution in [0.3, 0.4) is 0 Å². The Morgan fingerprint density at radius 2 is 1.95 bits per heavy atom. The zero-order chi connectivity index (χ0) is 12.7. The summed E-state index contributed by atoms with van der Waals surface area (Å²) in [5, 5.41) is 7.34. The number of nitrogens with one attached hydrogen (secondary N) is 2. The lowest BCUT2D eigenvalue weighted by Gasteiger charge is -2.21. The summed E-state index contributed by atoms with van der Waals surface area (Å²) in [7, 11) is 0. The van der Waals surface area contributed by atoms with Crippen molar-refractivity contribution in [2.75, 3.05) is 11.9 Å². The number of rotatable bonds is 5. The van der Waals surface area contributed by atoms with Crippen molar-refractivity contribution >= 4 is 5.69 Å². The maximum Gasteiger partial charge on any atom is 0.0372 e. The molecule has 3 aliphatic rings. The van der Waals surface area contributed by atoms with Gasteiger partial charge in [-0.3, -0.25) is 0 Å². The Balaban J connectivity index is 1.41. The Morgan fingerprint density at radius 1 is 1.16 bits per heavy atom. The Morgan fingerprint density at radius 3 is 2.68 bits per heavy atom. The summed E-state index contributed by atoms with van der Waals surface area (Å²) in [6.45, 7) is 2.20. The van der Waals surface area contributed by atoms with Gasteiger partial charge in [-0.15, -0.1) is 0 Å². The van der Waals surface area contributed by atoms with Crippen LogP contribution in [0.4, 0.5) is 5.69 Å². The number of fused-ring (bicyclic) bond motifs is 1. The van der Waals surface area contributed by atoms with Gasteiger partial charge in [0.05, 0.1) is 0 Å². The summed E-state index contributed by atoms with van der Waals surface area (Å²) >= 11 is 0. The fraction of sp³-hybridized carbons (Fsp3) is 0.647. The molecule has 1 aromatic carbocycles. The van der Waals surface area contributed by atoms with Crippen LogP contribution in [-0.2, 0) is 13.0 Å². The molecule has 0 atom stereocenters. The first-order valence-electron chi connectivity index (χ1n) is 7.99. The van der Waals surface area contributed by atoms with Crippen molar-refractivity contribution in [3.05, 3.63) is 29.3 Å². The molecule has 1 aliphatic heterocycles. The van der Waals surface area contributed by atoms with E-state index in [-0.39, 0.29) is 0 Å². The van der Waals surface area contributed by atoms with Crippen LogP contribution >= 0.6 is 0 Å². The van der Waals surface area contributed by atoms with Crippen LogP contribution < -0.4 is 10.6 Å². The SMILES string of the molecule is c1cc2c(cc1CNC(C1CC1)C1CC1)CCCN2. The molecule has 0 saturated heterocycles. The molecule has 0 aromatic heterocycles. The van der Waals surface area contributed by atoms with Crippen LogP contribution in [0.2, 0.25) is 0 Å². The van der Waals surface area contributed by atoms with E-state index in [0.717, 1.165) is 31.0 Å². The van der Waals surface area contributed by atoms with Gasteiger partial charge in [-0.25, -0.2) is 0 Å². The highest BCUT2D eigenvalue weighted by molar-refractivity contribution is 5.54. The Bertz CT molecular complexity index is 448. The highest BCUT2D eigenvalue weighted by Gasteiger charge is 2.40. The van der Waals surface area contributed by atoms with Crippen molar-refractivity contribution in [3.8, 4) is 0 Å². The number of hydrogen-bond acceptors (Lipinski definition) is 2. The van der Waals surface area contributed by atoms with Crippen LogP contribution in [0.1, 0.15) is 43.2 Å². The fourth-order valence-electron chi connectivity index (χ4n) is 3.50. The number of hydrogen-bond donors (Lipinski definition) is 2. The molecule has 2 fully saturated rings. The van der Waals surface area contributed by atoms with Crippen molar-refractivity contribution in [2.45, 2.75) is 51.1 Å². The lowest BCUT2D eigenvalue weighted by atomic mass is 10.0. The van der Waals surface area contributed by atoms with Crippen LogP contribution in [0, 0.1) is 11.8 Å². The maximum atomic E-state index is 3.85. The molecule has 2 heteroatoms. The molecule has 2 aliphatic carbocycles. The second kappa shape index (κ2) is 4.82. The molecule has 2 saturated carbocycles.